The molecule has 0 atom stereocenters. The largest absolute Gasteiger partial charge is 0.459 e. The summed E-state index contributed by atoms with van der Waals surface area (Å²) in [6.07, 6.45) is 1.43. The zero-order valence-electron chi connectivity index (χ0n) is 14.6. The molecular formula is C17H16N4O5S2. The second kappa shape index (κ2) is 7.34. The van der Waals surface area contributed by atoms with E-state index in [0.29, 0.717) is 23.7 Å². The summed E-state index contributed by atoms with van der Waals surface area (Å²) in [6, 6.07) is 9.30. The number of carbonyl (C=O) groups excluding carboxylic acids is 1. The van der Waals surface area contributed by atoms with Crippen molar-refractivity contribution in [2.24, 2.45) is 0 Å². The predicted octanol–water partition coefficient (Wildman–Crippen LogP) is 1.24. The Morgan fingerprint density at radius 1 is 1.11 bits per heavy atom. The van der Waals surface area contributed by atoms with Gasteiger partial charge in [0.1, 0.15) is 9.90 Å². The number of piperazine rings is 1. The Hall–Kier alpha value is -2.76. The van der Waals surface area contributed by atoms with Gasteiger partial charge in [0, 0.05) is 32.2 Å². The number of nitrogens with one attached hydrogen (secondary N) is 1. The van der Waals surface area contributed by atoms with Gasteiger partial charge >= 0.3 is 0 Å². The highest BCUT2D eigenvalue weighted by Gasteiger charge is 2.32. The number of hydrogen-bond donors (Lipinski definition) is 1. The molecule has 28 heavy (non-hydrogen) atoms. The Kier molecular flexibility index (Phi) is 4.87. The fourth-order valence-corrected chi connectivity index (χ4v) is 5.75. The maximum atomic E-state index is 12.9. The highest BCUT2D eigenvalue weighted by molar-refractivity contribution is 7.91. The third kappa shape index (κ3) is 3.51. The van der Waals surface area contributed by atoms with Crippen LogP contribution in [0.1, 0.15) is 10.6 Å². The lowest BCUT2D eigenvalue weighted by Gasteiger charge is -2.33. The van der Waals surface area contributed by atoms with Crippen LogP contribution in [0.2, 0.25) is 0 Å². The Labute approximate surface area is 164 Å². The molecule has 1 saturated heterocycles. The fraction of sp³-hybridized carbons (Fsp3) is 0.235. The Bertz CT molecular complexity index is 1120. The molecular weight excluding hydrogens is 404 g/mol. The van der Waals surface area contributed by atoms with Crippen LogP contribution in [0.15, 0.2) is 56.1 Å². The maximum Gasteiger partial charge on any atom is 0.289 e. The van der Waals surface area contributed by atoms with E-state index in [2.05, 4.69) is 10.2 Å². The van der Waals surface area contributed by atoms with E-state index in [1.54, 1.807) is 29.2 Å². The van der Waals surface area contributed by atoms with E-state index >= 15 is 0 Å². The van der Waals surface area contributed by atoms with Gasteiger partial charge in [0.25, 0.3) is 21.5 Å². The Morgan fingerprint density at radius 3 is 2.54 bits per heavy atom. The summed E-state index contributed by atoms with van der Waals surface area (Å²) in [5.74, 6) is -0.00258. The molecule has 3 aromatic heterocycles. The highest BCUT2D eigenvalue weighted by atomic mass is 32.2. The third-order valence-corrected chi connectivity index (χ3v) is 7.84. The van der Waals surface area contributed by atoms with E-state index in [1.165, 1.54) is 22.7 Å². The third-order valence-electron chi connectivity index (χ3n) is 4.36. The van der Waals surface area contributed by atoms with Crippen LogP contribution < -0.4 is 5.56 Å². The van der Waals surface area contributed by atoms with Crippen LogP contribution in [0.5, 0.6) is 0 Å². The van der Waals surface area contributed by atoms with Crippen molar-refractivity contribution in [1.82, 2.24) is 19.4 Å². The summed E-state index contributed by atoms with van der Waals surface area (Å²) in [5, 5.41) is 6.25. The molecule has 1 amide bonds. The predicted molar refractivity (Wildman–Crippen MR) is 102 cm³/mol. The first-order valence-electron chi connectivity index (χ1n) is 8.44. The second-order valence-electron chi connectivity index (χ2n) is 6.10. The second-order valence-corrected chi connectivity index (χ2v) is 9.35. The van der Waals surface area contributed by atoms with Crippen LogP contribution in [0, 0.1) is 0 Å². The summed E-state index contributed by atoms with van der Waals surface area (Å²) >= 11 is 1.09. The number of furan rings is 1. The number of sulfonamides is 1. The zero-order chi connectivity index (χ0) is 19.7. The van der Waals surface area contributed by atoms with Gasteiger partial charge in [-0.2, -0.15) is 9.40 Å². The number of nitrogens with zero attached hydrogens (tertiary/aromatic N) is 3. The molecule has 4 rings (SSSR count). The van der Waals surface area contributed by atoms with Gasteiger partial charge in [0.05, 0.1) is 11.1 Å². The molecule has 1 aliphatic rings. The number of H-pyrrole nitrogens is 1. The molecule has 0 spiro atoms. The minimum absolute atomic E-state index is 0.196. The van der Waals surface area contributed by atoms with Gasteiger partial charge < -0.3 is 9.32 Å². The van der Waals surface area contributed by atoms with Crippen molar-refractivity contribution in [3.05, 3.63) is 58.8 Å². The van der Waals surface area contributed by atoms with Gasteiger partial charge in [0.15, 0.2) is 5.76 Å². The van der Waals surface area contributed by atoms with Gasteiger partial charge in [-0.05, 0) is 30.3 Å². The van der Waals surface area contributed by atoms with E-state index in [9.17, 15) is 18.0 Å². The average Bonchev–Trinajstić information content (AvgIpc) is 3.40. The molecule has 0 aliphatic carbocycles. The van der Waals surface area contributed by atoms with Crippen LogP contribution in [0.25, 0.3) is 10.6 Å². The highest BCUT2D eigenvalue weighted by Crippen LogP contribution is 2.31. The normalized spacial score (nSPS) is 15.6. The Balaban J connectivity index is 1.47. The lowest BCUT2D eigenvalue weighted by Crippen LogP contribution is -2.50. The van der Waals surface area contributed by atoms with Crippen molar-refractivity contribution in [3.8, 4) is 10.6 Å². The number of aromatic nitrogens is 2. The Morgan fingerprint density at radius 2 is 1.89 bits per heavy atom. The molecule has 0 bridgehead atoms. The van der Waals surface area contributed by atoms with E-state index in [-0.39, 0.29) is 34.5 Å². The van der Waals surface area contributed by atoms with Crippen LogP contribution in [0.3, 0.4) is 0 Å². The molecule has 1 N–H and O–H groups in total. The van der Waals surface area contributed by atoms with Gasteiger partial charge in [-0.3, -0.25) is 9.59 Å². The molecule has 4 heterocycles. The first-order valence-corrected chi connectivity index (χ1v) is 10.7. The van der Waals surface area contributed by atoms with Crippen LogP contribution in [-0.4, -0.2) is 59.9 Å². The minimum atomic E-state index is -3.67. The van der Waals surface area contributed by atoms with Gasteiger partial charge in [0.2, 0.25) is 0 Å². The van der Waals surface area contributed by atoms with Gasteiger partial charge in [-0.15, -0.1) is 11.3 Å². The molecule has 11 heteroatoms. The van der Waals surface area contributed by atoms with E-state index in [4.69, 9.17) is 4.42 Å². The number of hydrogen-bond acceptors (Lipinski definition) is 7. The van der Waals surface area contributed by atoms with Crippen LogP contribution in [0.4, 0.5) is 0 Å². The first kappa shape index (κ1) is 18.6. The van der Waals surface area contributed by atoms with E-state index < -0.39 is 10.0 Å². The SMILES string of the molecule is O=C(c1ccco1)N1CCN(S(=O)(=O)c2ccc(-c3ccc(=O)[nH]n3)s2)CC1. The number of carbonyl (C=O) groups is 1. The number of rotatable bonds is 4. The lowest BCUT2D eigenvalue weighted by atomic mass is 10.3. The topological polar surface area (TPSA) is 117 Å². The summed E-state index contributed by atoms with van der Waals surface area (Å²) in [5.41, 5.74) is 0.176. The number of thiophene rings is 1. The maximum absolute atomic E-state index is 12.9. The summed E-state index contributed by atoms with van der Waals surface area (Å²) in [7, 11) is -3.67. The van der Waals surface area contributed by atoms with Crippen molar-refractivity contribution in [3.63, 3.8) is 0 Å². The lowest BCUT2D eigenvalue weighted by molar-refractivity contribution is 0.0666. The first-order chi connectivity index (χ1) is 13.4. The summed E-state index contributed by atoms with van der Waals surface area (Å²) in [6.45, 7) is 0.995. The van der Waals surface area contributed by atoms with Crippen molar-refractivity contribution in [2.75, 3.05) is 26.2 Å². The van der Waals surface area contributed by atoms with E-state index in [0.717, 1.165) is 11.3 Å². The molecule has 1 aliphatic heterocycles. The molecule has 0 aromatic carbocycles. The molecule has 0 radical (unpaired) electrons. The molecule has 0 unspecified atom stereocenters. The van der Waals surface area contributed by atoms with Crippen molar-refractivity contribution in [2.45, 2.75) is 4.21 Å². The average molecular weight is 420 g/mol. The molecule has 146 valence electrons. The van der Waals surface area contributed by atoms with Crippen LogP contribution >= 0.6 is 11.3 Å². The van der Waals surface area contributed by atoms with Crippen molar-refractivity contribution >= 4 is 27.3 Å². The summed E-state index contributed by atoms with van der Waals surface area (Å²) < 4.78 is 32.5. The standard InChI is InChI=1S/C17H16N4O5S2/c22-15-5-3-12(18-19-15)14-4-6-16(27-14)28(24,25)21-9-7-20(8-10-21)17(23)13-2-1-11-26-13/h1-6,11H,7-10H2,(H,19,22). The molecule has 1 fully saturated rings. The molecule has 3 aromatic rings. The van der Waals surface area contributed by atoms with Crippen molar-refractivity contribution < 1.29 is 17.6 Å². The number of amides is 1. The fourth-order valence-electron chi connectivity index (χ4n) is 2.89. The van der Waals surface area contributed by atoms with Crippen molar-refractivity contribution in [1.29, 1.82) is 0 Å². The van der Waals surface area contributed by atoms with Gasteiger partial charge in [-0.25, -0.2) is 13.5 Å². The van der Waals surface area contributed by atoms with E-state index in [1.807, 2.05) is 0 Å². The monoisotopic (exact) mass is 420 g/mol. The quantitative estimate of drug-likeness (QED) is 0.679. The minimum Gasteiger partial charge on any atom is -0.459 e. The summed E-state index contributed by atoms with van der Waals surface area (Å²) in [4.78, 5) is 25.6. The van der Waals surface area contributed by atoms with Gasteiger partial charge in [-0.1, -0.05) is 0 Å². The number of aromatic amines is 1. The molecule has 9 nitrogen and oxygen atoms in total. The molecule has 0 saturated carbocycles. The zero-order valence-corrected chi connectivity index (χ0v) is 16.2. The van der Waals surface area contributed by atoms with Crippen LogP contribution in [-0.2, 0) is 10.0 Å². The smallest absolute Gasteiger partial charge is 0.289 e.